The van der Waals surface area contributed by atoms with Gasteiger partial charge in [-0.2, -0.15) is 13.2 Å². The molecule has 2 rings (SSSR count). The monoisotopic (exact) mass is 381 g/mol. The van der Waals surface area contributed by atoms with Crippen molar-refractivity contribution in [1.29, 1.82) is 0 Å². The second-order valence-corrected chi connectivity index (χ2v) is 6.26. The Kier molecular flexibility index (Phi) is 7.24. The van der Waals surface area contributed by atoms with E-state index in [1.54, 1.807) is 24.3 Å². The third-order valence-electron chi connectivity index (χ3n) is 3.75. The van der Waals surface area contributed by atoms with Gasteiger partial charge in [-0.05, 0) is 42.2 Å². The highest BCUT2D eigenvalue weighted by Crippen LogP contribution is 2.19. The number of benzene rings is 2. The van der Waals surface area contributed by atoms with Crippen LogP contribution >= 0.6 is 0 Å². The zero-order valence-electron chi connectivity index (χ0n) is 15.2. The number of hydrogen-bond donors (Lipinski definition) is 1. The number of nitrogens with one attached hydrogen (secondary N) is 1. The van der Waals surface area contributed by atoms with Gasteiger partial charge in [0.1, 0.15) is 12.4 Å². The van der Waals surface area contributed by atoms with Gasteiger partial charge in [0.15, 0.2) is 6.61 Å². The lowest BCUT2D eigenvalue weighted by Crippen LogP contribution is -2.28. The number of alkyl halides is 3. The van der Waals surface area contributed by atoms with Crippen LogP contribution in [-0.4, -0.2) is 25.3 Å². The first kappa shape index (κ1) is 20.8. The van der Waals surface area contributed by atoms with Crippen molar-refractivity contribution in [1.82, 2.24) is 5.32 Å². The first-order valence-corrected chi connectivity index (χ1v) is 8.42. The lowest BCUT2D eigenvalue weighted by atomic mass is 10.1. The van der Waals surface area contributed by atoms with Gasteiger partial charge in [0, 0.05) is 6.54 Å². The summed E-state index contributed by atoms with van der Waals surface area (Å²) in [5.41, 5.74) is 3.47. The normalized spacial score (nSPS) is 11.3. The summed E-state index contributed by atoms with van der Waals surface area (Å²) in [5, 5.41) is 2.74. The molecule has 0 saturated carbocycles. The molecule has 2 aromatic rings. The largest absolute Gasteiger partial charge is 0.483 e. The molecule has 0 radical (unpaired) electrons. The van der Waals surface area contributed by atoms with E-state index in [1.807, 2.05) is 32.0 Å². The van der Waals surface area contributed by atoms with Crippen LogP contribution in [0.1, 0.15) is 22.3 Å². The van der Waals surface area contributed by atoms with Crippen molar-refractivity contribution >= 4 is 5.91 Å². The molecule has 0 bridgehead atoms. The number of aryl methyl sites for hydroxylation is 2. The molecule has 0 saturated heterocycles. The van der Waals surface area contributed by atoms with E-state index >= 15 is 0 Å². The van der Waals surface area contributed by atoms with Gasteiger partial charge in [0.05, 0.1) is 6.61 Å². The van der Waals surface area contributed by atoms with Crippen LogP contribution in [0, 0.1) is 13.8 Å². The molecule has 7 heteroatoms. The van der Waals surface area contributed by atoms with Crippen molar-refractivity contribution in [3.8, 4) is 5.75 Å². The smallest absolute Gasteiger partial charge is 0.411 e. The van der Waals surface area contributed by atoms with Gasteiger partial charge in [-0.3, -0.25) is 4.79 Å². The number of carbonyl (C=O) groups is 1. The third kappa shape index (κ3) is 7.70. The van der Waals surface area contributed by atoms with Gasteiger partial charge in [-0.15, -0.1) is 0 Å². The van der Waals surface area contributed by atoms with E-state index in [1.165, 1.54) is 0 Å². The van der Waals surface area contributed by atoms with Gasteiger partial charge < -0.3 is 14.8 Å². The van der Waals surface area contributed by atoms with E-state index in [-0.39, 0.29) is 19.1 Å². The molecule has 0 heterocycles. The average Bonchev–Trinajstić information content (AvgIpc) is 2.61. The predicted octanol–water partition coefficient (Wildman–Crippen LogP) is 4.08. The minimum absolute atomic E-state index is 0.0896. The van der Waals surface area contributed by atoms with Crippen LogP contribution in [0.5, 0.6) is 5.75 Å². The summed E-state index contributed by atoms with van der Waals surface area (Å²) >= 11 is 0. The van der Waals surface area contributed by atoms with Gasteiger partial charge >= 0.3 is 6.18 Å². The highest BCUT2D eigenvalue weighted by molar-refractivity contribution is 5.77. The number of rotatable bonds is 8. The van der Waals surface area contributed by atoms with Crippen LogP contribution in [0.4, 0.5) is 13.2 Å². The van der Waals surface area contributed by atoms with Gasteiger partial charge in [0.25, 0.3) is 5.91 Å². The van der Waals surface area contributed by atoms with E-state index in [2.05, 4.69) is 10.1 Å². The van der Waals surface area contributed by atoms with Crippen LogP contribution in [-0.2, 0) is 22.7 Å². The zero-order valence-corrected chi connectivity index (χ0v) is 15.2. The fraction of sp³-hybridized carbons (Fsp3) is 0.350. The first-order valence-electron chi connectivity index (χ1n) is 8.42. The van der Waals surface area contributed by atoms with Crippen LogP contribution in [0.3, 0.4) is 0 Å². The lowest BCUT2D eigenvalue weighted by molar-refractivity contribution is -0.176. The molecule has 0 aliphatic rings. The molecule has 146 valence electrons. The molecule has 2 aromatic carbocycles. The Labute approximate surface area is 156 Å². The molecule has 0 atom stereocenters. The van der Waals surface area contributed by atoms with Crippen molar-refractivity contribution in [2.45, 2.75) is 33.2 Å². The minimum Gasteiger partial charge on any atom is -0.483 e. The third-order valence-corrected chi connectivity index (χ3v) is 3.75. The summed E-state index contributed by atoms with van der Waals surface area (Å²) in [5.74, 6) is 0.418. The summed E-state index contributed by atoms with van der Waals surface area (Å²) in [4.78, 5) is 11.9. The maximum Gasteiger partial charge on any atom is 0.411 e. The Bertz CT molecular complexity index is 758. The fourth-order valence-electron chi connectivity index (χ4n) is 2.30. The molecular weight excluding hydrogens is 359 g/mol. The van der Waals surface area contributed by atoms with Crippen LogP contribution < -0.4 is 10.1 Å². The number of hydrogen-bond acceptors (Lipinski definition) is 3. The topological polar surface area (TPSA) is 47.6 Å². The van der Waals surface area contributed by atoms with Crippen LogP contribution in [0.25, 0.3) is 0 Å². The van der Waals surface area contributed by atoms with E-state index < -0.39 is 12.8 Å². The highest BCUT2D eigenvalue weighted by atomic mass is 19.4. The van der Waals surface area contributed by atoms with E-state index in [9.17, 15) is 18.0 Å². The molecular formula is C20H22F3NO3. The number of halogens is 3. The summed E-state index contributed by atoms with van der Waals surface area (Å²) in [6, 6.07) is 12.6. The van der Waals surface area contributed by atoms with E-state index in [4.69, 9.17) is 4.74 Å². The lowest BCUT2D eigenvalue weighted by Gasteiger charge is -2.11. The number of ether oxygens (including phenoxy) is 2. The Morgan fingerprint density at radius 2 is 1.70 bits per heavy atom. The molecule has 4 nitrogen and oxygen atoms in total. The standard InChI is InChI=1S/C20H22F3NO3/c1-14-3-4-15(2)18(9-14)27-12-19(25)24-10-16-5-7-17(8-6-16)11-26-13-20(21,22)23/h3-9H,10-13H2,1-2H3,(H,24,25). The Morgan fingerprint density at radius 3 is 2.37 bits per heavy atom. The predicted molar refractivity (Wildman–Crippen MR) is 95.4 cm³/mol. The second kappa shape index (κ2) is 9.41. The maximum absolute atomic E-state index is 12.0. The number of amides is 1. The first-order chi connectivity index (χ1) is 12.7. The maximum atomic E-state index is 12.0. The molecule has 0 aromatic heterocycles. The van der Waals surface area contributed by atoms with Crippen molar-refractivity contribution < 1.29 is 27.4 Å². The van der Waals surface area contributed by atoms with E-state index in [0.29, 0.717) is 17.9 Å². The average molecular weight is 381 g/mol. The molecule has 0 fully saturated rings. The Hall–Kier alpha value is -2.54. The molecule has 1 amide bonds. The van der Waals surface area contributed by atoms with Crippen LogP contribution in [0.15, 0.2) is 42.5 Å². The summed E-state index contributed by atoms with van der Waals surface area (Å²) in [7, 11) is 0. The van der Waals surface area contributed by atoms with Gasteiger partial charge in [-0.1, -0.05) is 36.4 Å². The molecule has 0 aliphatic carbocycles. The van der Waals surface area contributed by atoms with Crippen molar-refractivity contribution in [2.75, 3.05) is 13.2 Å². The Balaban J connectivity index is 1.74. The molecule has 27 heavy (non-hydrogen) atoms. The number of carbonyl (C=O) groups excluding carboxylic acids is 1. The van der Waals surface area contributed by atoms with Crippen LogP contribution in [0.2, 0.25) is 0 Å². The van der Waals surface area contributed by atoms with Crippen molar-refractivity contribution in [3.05, 3.63) is 64.7 Å². The van der Waals surface area contributed by atoms with Gasteiger partial charge in [-0.25, -0.2) is 0 Å². The van der Waals surface area contributed by atoms with Gasteiger partial charge in [0.2, 0.25) is 0 Å². The SMILES string of the molecule is Cc1ccc(C)c(OCC(=O)NCc2ccc(COCC(F)(F)F)cc2)c1. The molecule has 0 spiro atoms. The summed E-state index contributed by atoms with van der Waals surface area (Å²) in [6.45, 7) is 2.68. The van der Waals surface area contributed by atoms with E-state index in [0.717, 1.165) is 16.7 Å². The molecule has 0 aliphatic heterocycles. The summed E-state index contributed by atoms with van der Waals surface area (Å²) < 4.78 is 46.2. The van der Waals surface area contributed by atoms with Crippen molar-refractivity contribution in [3.63, 3.8) is 0 Å². The minimum atomic E-state index is -4.33. The zero-order chi connectivity index (χ0) is 19.9. The van der Waals surface area contributed by atoms with Crippen molar-refractivity contribution in [2.24, 2.45) is 0 Å². The highest BCUT2D eigenvalue weighted by Gasteiger charge is 2.27. The second-order valence-electron chi connectivity index (χ2n) is 6.26. The quantitative estimate of drug-likeness (QED) is 0.750. The molecule has 1 N–H and O–H groups in total. The fourth-order valence-corrected chi connectivity index (χ4v) is 2.30. The Morgan fingerprint density at radius 1 is 1.04 bits per heavy atom. The molecule has 0 unspecified atom stereocenters. The summed E-state index contributed by atoms with van der Waals surface area (Å²) in [6.07, 6.45) is -4.33.